The number of hydrogen-bond donors (Lipinski definition) is 1. The zero-order valence-electron chi connectivity index (χ0n) is 13.8. The molecule has 1 aliphatic carbocycles. The number of non-ortho nitro benzene ring substituents is 1. The van der Waals surface area contributed by atoms with Gasteiger partial charge in [-0.2, -0.15) is 0 Å². The van der Waals surface area contributed by atoms with Gasteiger partial charge in [-0.15, -0.1) is 0 Å². The summed E-state index contributed by atoms with van der Waals surface area (Å²) in [6, 6.07) is 11.6. The zero-order chi connectivity index (χ0) is 16.8. The lowest BCUT2D eigenvalue weighted by molar-refractivity contribution is -0.384. The largest absolute Gasteiger partial charge is 0.377 e. The molecule has 1 aliphatic heterocycles. The zero-order valence-corrected chi connectivity index (χ0v) is 13.8. The summed E-state index contributed by atoms with van der Waals surface area (Å²) in [6.07, 6.45) is 5.61. The van der Waals surface area contributed by atoms with Gasteiger partial charge in [0.05, 0.1) is 11.0 Å². The number of benzene rings is 2. The van der Waals surface area contributed by atoms with Crippen molar-refractivity contribution in [2.75, 3.05) is 5.32 Å². The highest BCUT2D eigenvalue weighted by molar-refractivity contribution is 5.65. The molecule has 4 heteroatoms. The molecule has 1 heterocycles. The maximum atomic E-state index is 10.9. The Morgan fingerprint density at radius 3 is 2.58 bits per heavy atom. The van der Waals surface area contributed by atoms with Gasteiger partial charge in [-0.05, 0) is 48.4 Å². The summed E-state index contributed by atoms with van der Waals surface area (Å²) in [6.45, 7) is 4.29. The second-order valence-corrected chi connectivity index (χ2v) is 6.80. The molecule has 1 N–H and O–H groups in total. The minimum absolute atomic E-state index is 0.142. The van der Waals surface area contributed by atoms with E-state index in [1.165, 1.54) is 22.4 Å². The van der Waals surface area contributed by atoms with Crippen molar-refractivity contribution in [2.24, 2.45) is 5.92 Å². The number of nitro benzene ring substituents is 1. The molecule has 0 radical (unpaired) electrons. The van der Waals surface area contributed by atoms with Crippen LogP contribution in [0.5, 0.6) is 0 Å². The highest BCUT2D eigenvalue weighted by atomic mass is 16.6. The third-order valence-electron chi connectivity index (χ3n) is 5.53. The Balaban J connectivity index is 1.77. The first-order valence-corrected chi connectivity index (χ1v) is 8.34. The molecule has 0 spiro atoms. The van der Waals surface area contributed by atoms with E-state index in [1.807, 2.05) is 12.1 Å². The van der Waals surface area contributed by atoms with Gasteiger partial charge < -0.3 is 5.32 Å². The van der Waals surface area contributed by atoms with Crippen molar-refractivity contribution >= 4 is 11.4 Å². The molecule has 4 rings (SSSR count). The third-order valence-corrected chi connectivity index (χ3v) is 5.53. The van der Waals surface area contributed by atoms with Crippen LogP contribution in [0.25, 0.3) is 0 Å². The summed E-state index contributed by atoms with van der Waals surface area (Å²) in [5.41, 5.74) is 6.43. The second kappa shape index (κ2) is 5.48. The Labute approximate surface area is 141 Å². The SMILES string of the molecule is Cc1ccc2c(c1C)N[C@H](c1ccc([N+](=O)[O-])cc1)[C@H]1CC=C[C@@H]21. The van der Waals surface area contributed by atoms with Crippen molar-refractivity contribution in [1.82, 2.24) is 0 Å². The normalized spacial score (nSPS) is 24.2. The molecule has 0 bridgehead atoms. The minimum Gasteiger partial charge on any atom is -0.377 e. The van der Waals surface area contributed by atoms with Crippen LogP contribution in [0.3, 0.4) is 0 Å². The lowest BCUT2D eigenvalue weighted by atomic mass is 9.76. The minimum atomic E-state index is -0.346. The van der Waals surface area contributed by atoms with Crippen LogP contribution >= 0.6 is 0 Å². The summed E-state index contributed by atoms with van der Waals surface area (Å²) in [5, 5.41) is 14.6. The molecule has 0 saturated carbocycles. The molecule has 0 unspecified atom stereocenters. The van der Waals surface area contributed by atoms with Gasteiger partial charge in [-0.3, -0.25) is 10.1 Å². The number of allylic oxidation sites excluding steroid dienone is 2. The maximum Gasteiger partial charge on any atom is 0.269 e. The fraction of sp³-hybridized carbons (Fsp3) is 0.300. The fourth-order valence-corrected chi connectivity index (χ4v) is 4.05. The van der Waals surface area contributed by atoms with Crippen LogP contribution in [0.4, 0.5) is 11.4 Å². The van der Waals surface area contributed by atoms with E-state index in [1.54, 1.807) is 12.1 Å². The van der Waals surface area contributed by atoms with Gasteiger partial charge >= 0.3 is 0 Å². The monoisotopic (exact) mass is 320 g/mol. The molecule has 24 heavy (non-hydrogen) atoms. The van der Waals surface area contributed by atoms with Crippen molar-refractivity contribution < 1.29 is 4.92 Å². The Morgan fingerprint density at radius 1 is 1.12 bits per heavy atom. The Hall–Kier alpha value is -2.62. The Kier molecular flexibility index (Phi) is 3.41. The fourth-order valence-electron chi connectivity index (χ4n) is 4.05. The van der Waals surface area contributed by atoms with Crippen LogP contribution in [0.1, 0.15) is 40.6 Å². The predicted octanol–water partition coefficient (Wildman–Crippen LogP) is 5.04. The van der Waals surface area contributed by atoms with Gasteiger partial charge in [0.25, 0.3) is 5.69 Å². The van der Waals surface area contributed by atoms with E-state index in [0.717, 1.165) is 12.0 Å². The van der Waals surface area contributed by atoms with Gasteiger partial charge in [0.2, 0.25) is 0 Å². The van der Waals surface area contributed by atoms with Crippen LogP contribution in [0.2, 0.25) is 0 Å². The molecule has 0 aromatic heterocycles. The molecule has 3 atom stereocenters. The summed E-state index contributed by atoms with van der Waals surface area (Å²) < 4.78 is 0. The first-order chi connectivity index (χ1) is 11.6. The predicted molar refractivity (Wildman–Crippen MR) is 95.4 cm³/mol. The van der Waals surface area contributed by atoms with E-state index in [-0.39, 0.29) is 16.7 Å². The number of anilines is 1. The highest BCUT2D eigenvalue weighted by Gasteiger charge is 2.38. The van der Waals surface area contributed by atoms with E-state index in [9.17, 15) is 10.1 Å². The molecular weight excluding hydrogens is 300 g/mol. The topological polar surface area (TPSA) is 55.2 Å². The standard InChI is InChI=1S/C20H20N2O2/c1-12-6-11-18-16-4-3-5-17(16)20(21-19(18)13(12)2)14-7-9-15(10-8-14)22(23)24/h3-4,6-11,16-17,20-21H,5H2,1-2H3/t16-,17+,20-/m1/s1. The van der Waals surface area contributed by atoms with E-state index in [2.05, 4.69) is 43.4 Å². The van der Waals surface area contributed by atoms with Crippen LogP contribution in [0, 0.1) is 29.9 Å². The lowest BCUT2D eigenvalue weighted by Gasteiger charge is -2.38. The molecule has 0 amide bonds. The molecule has 2 aromatic carbocycles. The third kappa shape index (κ3) is 2.21. The smallest absolute Gasteiger partial charge is 0.269 e. The molecule has 2 aromatic rings. The van der Waals surface area contributed by atoms with Gasteiger partial charge in [-0.1, -0.05) is 36.4 Å². The molecule has 122 valence electrons. The van der Waals surface area contributed by atoms with E-state index < -0.39 is 0 Å². The Morgan fingerprint density at radius 2 is 1.88 bits per heavy atom. The number of hydrogen-bond acceptors (Lipinski definition) is 3. The van der Waals surface area contributed by atoms with Crippen LogP contribution in [0.15, 0.2) is 48.6 Å². The molecule has 4 nitrogen and oxygen atoms in total. The van der Waals surface area contributed by atoms with Crippen molar-refractivity contribution in [1.29, 1.82) is 0 Å². The average molecular weight is 320 g/mol. The summed E-state index contributed by atoms with van der Waals surface area (Å²) >= 11 is 0. The molecular formula is C20H20N2O2. The summed E-state index contributed by atoms with van der Waals surface area (Å²) in [7, 11) is 0. The molecule has 2 aliphatic rings. The molecule has 0 saturated heterocycles. The van der Waals surface area contributed by atoms with E-state index in [0.29, 0.717) is 11.8 Å². The number of nitrogens with one attached hydrogen (secondary N) is 1. The summed E-state index contributed by atoms with van der Waals surface area (Å²) in [4.78, 5) is 10.6. The van der Waals surface area contributed by atoms with Crippen LogP contribution in [-0.4, -0.2) is 4.92 Å². The van der Waals surface area contributed by atoms with E-state index >= 15 is 0 Å². The Bertz CT molecular complexity index is 839. The van der Waals surface area contributed by atoms with Crippen LogP contribution < -0.4 is 5.32 Å². The van der Waals surface area contributed by atoms with Crippen LogP contribution in [-0.2, 0) is 0 Å². The van der Waals surface area contributed by atoms with Gasteiger partial charge in [0, 0.05) is 23.7 Å². The second-order valence-electron chi connectivity index (χ2n) is 6.80. The highest BCUT2D eigenvalue weighted by Crippen LogP contribution is 2.50. The van der Waals surface area contributed by atoms with Crippen molar-refractivity contribution in [3.05, 3.63) is 80.9 Å². The van der Waals surface area contributed by atoms with Gasteiger partial charge in [-0.25, -0.2) is 0 Å². The first-order valence-electron chi connectivity index (χ1n) is 8.34. The molecule has 0 fully saturated rings. The van der Waals surface area contributed by atoms with Gasteiger partial charge in [0.15, 0.2) is 0 Å². The van der Waals surface area contributed by atoms with Gasteiger partial charge in [0.1, 0.15) is 0 Å². The lowest BCUT2D eigenvalue weighted by Crippen LogP contribution is -2.29. The number of fused-ring (bicyclic) bond motifs is 3. The number of nitro groups is 1. The quantitative estimate of drug-likeness (QED) is 0.479. The number of nitrogens with zero attached hydrogens (tertiary/aromatic N) is 1. The first kappa shape index (κ1) is 14.9. The van der Waals surface area contributed by atoms with Crippen molar-refractivity contribution in [3.8, 4) is 0 Å². The van der Waals surface area contributed by atoms with E-state index in [4.69, 9.17) is 0 Å². The maximum absolute atomic E-state index is 10.9. The van der Waals surface area contributed by atoms with Crippen molar-refractivity contribution in [2.45, 2.75) is 32.2 Å². The van der Waals surface area contributed by atoms with Crippen molar-refractivity contribution in [3.63, 3.8) is 0 Å². The average Bonchev–Trinajstić information content (AvgIpc) is 3.07. The summed E-state index contributed by atoms with van der Waals surface area (Å²) in [5.74, 6) is 0.877. The number of rotatable bonds is 2. The number of aryl methyl sites for hydroxylation is 1.